The van der Waals surface area contributed by atoms with E-state index in [9.17, 15) is 4.79 Å². The molecule has 1 saturated carbocycles. The first-order valence-corrected chi connectivity index (χ1v) is 12.0. The van der Waals surface area contributed by atoms with Crippen LogP contribution in [-0.2, 0) is 11.2 Å². The minimum atomic E-state index is -0.434. The van der Waals surface area contributed by atoms with Gasteiger partial charge in [0.1, 0.15) is 17.7 Å². The number of benzene rings is 1. The van der Waals surface area contributed by atoms with Gasteiger partial charge in [-0.25, -0.2) is 9.78 Å². The van der Waals surface area contributed by atoms with E-state index in [1.165, 1.54) is 6.26 Å². The van der Waals surface area contributed by atoms with Crippen molar-refractivity contribution >= 4 is 23.6 Å². The van der Waals surface area contributed by atoms with Crippen molar-refractivity contribution in [2.75, 3.05) is 35.3 Å². The molecule has 2 fully saturated rings. The van der Waals surface area contributed by atoms with Crippen LogP contribution in [0.5, 0.6) is 5.88 Å². The second kappa shape index (κ2) is 8.53. The second-order valence-corrected chi connectivity index (χ2v) is 9.51. The summed E-state index contributed by atoms with van der Waals surface area (Å²) in [6, 6.07) is 7.38. The van der Waals surface area contributed by atoms with Gasteiger partial charge in [-0.15, -0.1) is 0 Å². The van der Waals surface area contributed by atoms with Crippen molar-refractivity contribution in [3.05, 3.63) is 41.8 Å². The minimum Gasteiger partial charge on any atom is -0.471 e. The van der Waals surface area contributed by atoms with Crippen LogP contribution in [0, 0.1) is 6.92 Å². The highest BCUT2D eigenvalue weighted by Crippen LogP contribution is 2.49. The SMILES string of the molecule is Cc1coc(NC(=O)Nc2ccc(-c3nc4c(c(N5CCOC[C@@H]5C)n3)CCC3(CC3)O4)cc2)n1. The number of amides is 2. The van der Waals surface area contributed by atoms with Crippen molar-refractivity contribution in [1.29, 1.82) is 0 Å². The summed E-state index contributed by atoms with van der Waals surface area (Å²) in [7, 11) is 0. The average molecular weight is 477 g/mol. The Labute approximate surface area is 203 Å². The van der Waals surface area contributed by atoms with Crippen molar-refractivity contribution < 1.29 is 18.7 Å². The average Bonchev–Trinajstić information content (AvgIpc) is 3.47. The van der Waals surface area contributed by atoms with E-state index < -0.39 is 6.03 Å². The summed E-state index contributed by atoms with van der Waals surface area (Å²) in [5, 5.41) is 5.35. The molecule has 1 aliphatic carbocycles. The monoisotopic (exact) mass is 476 g/mol. The summed E-state index contributed by atoms with van der Waals surface area (Å²) < 4.78 is 17.2. The maximum absolute atomic E-state index is 12.2. The highest BCUT2D eigenvalue weighted by Gasteiger charge is 2.49. The van der Waals surface area contributed by atoms with Crippen molar-refractivity contribution in [1.82, 2.24) is 15.0 Å². The molecule has 1 spiro atoms. The standard InChI is InChI=1S/C25H28N6O4/c1-15-13-34-24(26-15)30-23(32)27-18-5-3-17(4-6-18)20-28-21(31-11-12-33-14-16(31)2)19-7-8-25(9-10-25)35-22(19)29-20/h3-6,13,16H,7-12,14H2,1-2H3,(H2,26,27,30,32)/t16-/m0/s1. The van der Waals surface area contributed by atoms with Gasteiger partial charge in [-0.3, -0.25) is 5.32 Å². The van der Waals surface area contributed by atoms with Gasteiger partial charge in [0.2, 0.25) is 5.88 Å². The van der Waals surface area contributed by atoms with Crippen molar-refractivity contribution in [3.8, 4) is 17.3 Å². The quantitative estimate of drug-likeness (QED) is 0.577. The molecular formula is C25H28N6O4. The van der Waals surface area contributed by atoms with E-state index in [4.69, 9.17) is 23.9 Å². The molecule has 0 bridgehead atoms. The predicted molar refractivity (Wildman–Crippen MR) is 130 cm³/mol. The van der Waals surface area contributed by atoms with E-state index in [0.29, 0.717) is 36.3 Å². The van der Waals surface area contributed by atoms with Crippen LogP contribution >= 0.6 is 0 Å². The minimum absolute atomic E-state index is 0.0327. The van der Waals surface area contributed by atoms with Crippen molar-refractivity contribution in [3.63, 3.8) is 0 Å². The Morgan fingerprint density at radius 3 is 2.66 bits per heavy atom. The van der Waals surface area contributed by atoms with Crippen molar-refractivity contribution in [2.24, 2.45) is 0 Å². The number of carbonyl (C=O) groups excluding carboxylic acids is 1. The number of hydrogen-bond donors (Lipinski definition) is 2. The number of hydrogen-bond acceptors (Lipinski definition) is 8. The van der Waals surface area contributed by atoms with Gasteiger partial charge in [-0.05, 0) is 63.8 Å². The maximum Gasteiger partial charge on any atom is 0.327 e. The lowest BCUT2D eigenvalue weighted by atomic mass is 10.0. The summed E-state index contributed by atoms with van der Waals surface area (Å²) in [6.07, 6.45) is 5.60. The Morgan fingerprint density at radius 2 is 1.94 bits per heavy atom. The number of nitrogens with one attached hydrogen (secondary N) is 2. The van der Waals surface area contributed by atoms with Gasteiger partial charge >= 0.3 is 12.0 Å². The zero-order valence-corrected chi connectivity index (χ0v) is 19.8. The first kappa shape index (κ1) is 21.8. The summed E-state index contributed by atoms with van der Waals surface area (Å²) in [4.78, 5) is 28.5. The predicted octanol–water partition coefficient (Wildman–Crippen LogP) is 4.17. The van der Waals surface area contributed by atoms with Gasteiger partial charge in [-0.1, -0.05) is 0 Å². The first-order valence-electron chi connectivity index (χ1n) is 12.0. The molecule has 4 heterocycles. The number of oxazole rings is 1. The van der Waals surface area contributed by atoms with E-state index in [1.807, 2.05) is 24.3 Å². The number of morpholine rings is 1. The van der Waals surface area contributed by atoms with Gasteiger partial charge in [0, 0.05) is 17.8 Å². The molecule has 1 atom stereocenters. The molecule has 182 valence electrons. The van der Waals surface area contributed by atoms with Crippen molar-refractivity contribution in [2.45, 2.75) is 51.2 Å². The summed E-state index contributed by atoms with van der Waals surface area (Å²) >= 11 is 0. The lowest BCUT2D eigenvalue weighted by molar-refractivity contribution is 0.0978. The van der Waals surface area contributed by atoms with Crippen LogP contribution in [0.2, 0.25) is 0 Å². The highest BCUT2D eigenvalue weighted by atomic mass is 16.5. The Kier molecular flexibility index (Phi) is 5.32. The molecule has 2 aromatic heterocycles. The van der Waals surface area contributed by atoms with Crippen LogP contribution in [0.3, 0.4) is 0 Å². The van der Waals surface area contributed by atoms with E-state index in [1.54, 1.807) is 6.92 Å². The normalized spacial score (nSPS) is 20.2. The van der Waals surface area contributed by atoms with Crippen LogP contribution in [0.4, 0.5) is 22.3 Å². The smallest absolute Gasteiger partial charge is 0.327 e. The maximum atomic E-state index is 12.2. The number of fused-ring (bicyclic) bond motifs is 1. The fourth-order valence-corrected chi connectivity index (χ4v) is 4.64. The molecule has 1 saturated heterocycles. The van der Waals surface area contributed by atoms with Gasteiger partial charge in [0.05, 0.1) is 30.5 Å². The number of rotatable bonds is 4. The number of urea groups is 1. The summed E-state index contributed by atoms with van der Waals surface area (Å²) in [5.74, 6) is 2.26. The largest absolute Gasteiger partial charge is 0.471 e. The molecule has 1 aromatic carbocycles. The zero-order valence-electron chi connectivity index (χ0n) is 19.8. The number of carbonyl (C=O) groups is 1. The first-order chi connectivity index (χ1) is 17.0. The van der Waals surface area contributed by atoms with E-state index in [-0.39, 0.29) is 17.7 Å². The van der Waals surface area contributed by atoms with E-state index >= 15 is 0 Å². The highest BCUT2D eigenvalue weighted by molar-refractivity contribution is 5.98. The Morgan fingerprint density at radius 1 is 1.11 bits per heavy atom. The lowest BCUT2D eigenvalue weighted by Crippen LogP contribution is -2.45. The molecule has 2 aliphatic heterocycles. The zero-order chi connectivity index (χ0) is 24.0. The summed E-state index contributed by atoms with van der Waals surface area (Å²) in [5.41, 5.74) is 3.23. The number of nitrogens with zero attached hydrogens (tertiary/aromatic N) is 4. The van der Waals surface area contributed by atoms with Gasteiger partial charge < -0.3 is 24.1 Å². The van der Waals surface area contributed by atoms with Gasteiger partial charge in [0.25, 0.3) is 0 Å². The third kappa shape index (κ3) is 4.41. The Hall–Kier alpha value is -3.66. The number of aryl methyl sites for hydroxylation is 1. The molecule has 10 heteroatoms. The fourth-order valence-electron chi connectivity index (χ4n) is 4.64. The molecule has 10 nitrogen and oxygen atoms in total. The van der Waals surface area contributed by atoms with Crippen LogP contribution in [-0.4, -0.2) is 52.4 Å². The molecule has 3 aliphatic rings. The third-order valence-electron chi connectivity index (χ3n) is 6.78. The van der Waals surface area contributed by atoms with Crippen LogP contribution in [0.25, 0.3) is 11.4 Å². The molecule has 6 rings (SSSR count). The van der Waals surface area contributed by atoms with Crippen LogP contribution in [0.15, 0.2) is 34.9 Å². The van der Waals surface area contributed by atoms with Gasteiger partial charge in [0.15, 0.2) is 5.82 Å². The fraction of sp³-hybridized carbons (Fsp3) is 0.440. The second-order valence-electron chi connectivity index (χ2n) is 9.51. The van der Waals surface area contributed by atoms with E-state index in [2.05, 4.69) is 27.4 Å². The number of aromatic nitrogens is 3. The topological polar surface area (TPSA) is 115 Å². The Bertz CT molecular complexity index is 1250. The molecule has 2 N–H and O–H groups in total. The molecule has 0 unspecified atom stereocenters. The number of ether oxygens (including phenoxy) is 2. The lowest BCUT2D eigenvalue weighted by Gasteiger charge is -2.37. The number of anilines is 3. The van der Waals surface area contributed by atoms with E-state index in [0.717, 1.165) is 49.2 Å². The molecule has 2 amide bonds. The van der Waals surface area contributed by atoms with Crippen LogP contribution in [0.1, 0.15) is 37.4 Å². The molecular weight excluding hydrogens is 448 g/mol. The molecule has 0 radical (unpaired) electrons. The van der Waals surface area contributed by atoms with Crippen LogP contribution < -0.4 is 20.3 Å². The summed E-state index contributed by atoms with van der Waals surface area (Å²) in [6.45, 7) is 6.09. The molecule has 35 heavy (non-hydrogen) atoms. The molecule has 3 aromatic rings. The van der Waals surface area contributed by atoms with Gasteiger partial charge in [-0.2, -0.15) is 9.97 Å². The Balaban J connectivity index is 1.26. The third-order valence-corrected chi connectivity index (χ3v) is 6.78.